The molecular weight excluding hydrogens is 316 g/mol. The minimum Gasteiger partial charge on any atom is -0.338 e. The molecule has 1 rings (SSSR count). The monoisotopic (exact) mass is 340 g/mol. The third-order valence-corrected chi connectivity index (χ3v) is 3.96. The van der Waals surface area contributed by atoms with Gasteiger partial charge in [-0.25, -0.2) is 0 Å². The largest absolute Gasteiger partial charge is 0.338 e. The lowest BCUT2D eigenvalue weighted by Crippen LogP contribution is -2.42. The Morgan fingerprint density at radius 3 is 2.55 bits per heavy atom. The lowest BCUT2D eigenvalue weighted by atomic mass is 9.92. The first-order valence-corrected chi connectivity index (χ1v) is 7.85. The molecule has 1 aromatic rings. The first-order chi connectivity index (χ1) is 9.30. The molecule has 0 radical (unpaired) electrons. The van der Waals surface area contributed by atoms with Crippen LogP contribution < -0.4 is 5.73 Å². The SMILES string of the molecule is CCCN(CC(C)(C)CN)C(=O)c1ccc(C)cc1Br. The van der Waals surface area contributed by atoms with Crippen molar-refractivity contribution in [1.82, 2.24) is 4.90 Å². The Morgan fingerprint density at radius 1 is 1.40 bits per heavy atom. The number of hydrogen-bond donors (Lipinski definition) is 1. The fraction of sp³-hybridized carbons (Fsp3) is 0.562. The first-order valence-electron chi connectivity index (χ1n) is 7.06. The number of amides is 1. The van der Waals surface area contributed by atoms with E-state index in [0.29, 0.717) is 13.1 Å². The first kappa shape index (κ1) is 17.2. The van der Waals surface area contributed by atoms with Crippen LogP contribution in [0.2, 0.25) is 0 Å². The summed E-state index contributed by atoms with van der Waals surface area (Å²) in [6.07, 6.45) is 0.940. The molecule has 1 aromatic carbocycles. The van der Waals surface area contributed by atoms with Gasteiger partial charge < -0.3 is 10.6 Å². The number of rotatable bonds is 6. The third-order valence-electron chi connectivity index (χ3n) is 3.31. The Hall–Kier alpha value is -0.870. The summed E-state index contributed by atoms with van der Waals surface area (Å²) in [5.74, 6) is 0.0697. The van der Waals surface area contributed by atoms with E-state index in [9.17, 15) is 4.79 Å². The van der Waals surface area contributed by atoms with Gasteiger partial charge in [-0.2, -0.15) is 0 Å². The minimum absolute atomic E-state index is 0.0675. The standard InChI is InChI=1S/C16H25BrN2O/c1-5-8-19(11-16(3,4)10-18)15(20)13-7-6-12(2)9-14(13)17/h6-7,9H,5,8,10-11,18H2,1-4H3. The molecule has 2 N–H and O–H groups in total. The maximum Gasteiger partial charge on any atom is 0.255 e. The van der Waals surface area contributed by atoms with Gasteiger partial charge >= 0.3 is 0 Å². The number of hydrogen-bond acceptors (Lipinski definition) is 2. The van der Waals surface area contributed by atoms with Crippen molar-refractivity contribution in [3.8, 4) is 0 Å². The highest BCUT2D eigenvalue weighted by Crippen LogP contribution is 2.22. The van der Waals surface area contributed by atoms with E-state index < -0.39 is 0 Å². The zero-order valence-corrected chi connectivity index (χ0v) is 14.5. The van der Waals surface area contributed by atoms with Crippen molar-refractivity contribution in [3.63, 3.8) is 0 Å². The van der Waals surface area contributed by atoms with Crippen molar-refractivity contribution in [1.29, 1.82) is 0 Å². The maximum absolute atomic E-state index is 12.7. The van der Waals surface area contributed by atoms with Crippen LogP contribution in [-0.4, -0.2) is 30.4 Å². The molecule has 0 aliphatic rings. The van der Waals surface area contributed by atoms with Crippen molar-refractivity contribution in [2.45, 2.75) is 34.1 Å². The number of carbonyl (C=O) groups excluding carboxylic acids is 1. The van der Waals surface area contributed by atoms with E-state index in [1.807, 2.05) is 30.0 Å². The average Bonchev–Trinajstić information content (AvgIpc) is 2.37. The highest BCUT2D eigenvalue weighted by molar-refractivity contribution is 9.10. The highest BCUT2D eigenvalue weighted by Gasteiger charge is 2.25. The number of aryl methyl sites for hydroxylation is 1. The molecule has 0 fully saturated rings. The molecular formula is C16H25BrN2O. The van der Waals surface area contributed by atoms with Crippen molar-refractivity contribution in [2.75, 3.05) is 19.6 Å². The van der Waals surface area contributed by atoms with Crippen LogP contribution in [0.15, 0.2) is 22.7 Å². The van der Waals surface area contributed by atoms with E-state index in [-0.39, 0.29) is 11.3 Å². The molecule has 112 valence electrons. The lowest BCUT2D eigenvalue weighted by Gasteiger charge is -2.32. The molecule has 3 nitrogen and oxygen atoms in total. The molecule has 0 aliphatic carbocycles. The van der Waals surface area contributed by atoms with E-state index in [1.165, 1.54) is 0 Å². The van der Waals surface area contributed by atoms with Gasteiger partial charge in [-0.05, 0) is 58.9 Å². The molecule has 0 saturated carbocycles. The predicted octanol–water partition coefficient (Wildman–Crippen LogP) is 3.59. The zero-order chi connectivity index (χ0) is 15.3. The summed E-state index contributed by atoms with van der Waals surface area (Å²) in [5.41, 5.74) is 7.58. The van der Waals surface area contributed by atoms with Crippen molar-refractivity contribution in [3.05, 3.63) is 33.8 Å². The second kappa shape index (κ2) is 7.23. The van der Waals surface area contributed by atoms with Gasteiger partial charge in [-0.15, -0.1) is 0 Å². The number of halogens is 1. The highest BCUT2D eigenvalue weighted by atomic mass is 79.9. The van der Waals surface area contributed by atoms with Gasteiger partial charge in [0.25, 0.3) is 5.91 Å². The van der Waals surface area contributed by atoms with Crippen LogP contribution in [0.4, 0.5) is 0 Å². The van der Waals surface area contributed by atoms with Crippen LogP contribution in [0.1, 0.15) is 43.1 Å². The van der Waals surface area contributed by atoms with Gasteiger partial charge in [-0.1, -0.05) is 26.8 Å². The Balaban J connectivity index is 2.99. The van der Waals surface area contributed by atoms with E-state index in [1.54, 1.807) is 0 Å². The quantitative estimate of drug-likeness (QED) is 0.859. The average molecular weight is 341 g/mol. The Labute approximate surface area is 130 Å². The maximum atomic E-state index is 12.7. The molecule has 0 aliphatic heterocycles. The second-order valence-electron chi connectivity index (χ2n) is 6.08. The topological polar surface area (TPSA) is 46.3 Å². The Morgan fingerprint density at radius 2 is 2.05 bits per heavy atom. The molecule has 0 aromatic heterocycles. The molecule has 0 unspecified atom stereocenters. The van der Waals surface area contributed by atoms with Crippen LogP contribution in [-0.2, 0) is 0 Å². The molecule has 0 heterocycles. The van der Waals surface area contributed by atoms with Crippen LogP contribution in [0.25, 0.3) is 0 Å². The van der Waals surface area contributed by atoms with Gasteiger partial charge in [0, 0.05) is 17.6 Å². The predicted molar refractivity (Wildman–Crippen MR) is 87.9 cm³/mol. The fourth-order valence-corrected chi connectivity index (χ4v) is 2.73. The van der Waals surface area contributed by atoms with Crippen molar-refractivity contribution in [2.24, 2.45) is 11.1 Å². The van der Waals surface area contributed by atoms with Gasteiger partial charge in [-0.3, -0.25) is 4.79 Å². The smallest absolute Gasteiger partial charge is 0.255 e. The summed E-state index contributed by atoms with van der Waals surface area (Å²) in [7, 11) is 0. The van der Waals surface area contributed by atoms with E-state index in [2.05, 4.69) is 36.7 Å². The van der Waals surface area contributed by atoms with Crippen LogP contribution >= 0.6 is 15.9 Å². The van der Waals surface area contributed by atoms with Crippen LogP contribution in [0.3, 0.4) is 0 Å². The molecule has 4 heteroatoms. The molecule has 0 atom stereocenters. The zero-order valence-electron chi connectivity index (χ0n) is 12.9. The second-order valence-corrected chi connectivity index (χ2v) is 6.93. The Kier molecular flexibility index (Phi) is 6.21. The van der Waals surface area contributed by atoms with Gasteiger partial charge in [0.1, 0.15) is 0 Å². The van der Waals surface area contributed by atoms with E-state index >= 15 is 0 Å². The number of nitrogens with two attached hydrogens (primary N) is 1. The van der Waals surface area contributed by atoms with Gasteiger partial charge in [0.15, 0.2) is 0 Å². The normalized spacial score (nSPS) is 11.5. The third kappa shape index (κ3) is 4.60. The van der Waals surface area contributed by atoms with Crippen LogP contribution in [0.5, 0.6) is 0 Å². The number of nitrogens with zero attached hydrogens (tertiary/aromatic N) is 1. The summed E-state index contributed by atoms with van der Waals surface area (Å²) in [6, 6.07) is 5.83. The number of carbonyl (C=O) groups is 1. The van der Waals surface area contributed by atoms with E-state index in [4.69, 9.17) is 5.73 Å². The minimum atomic E-state index is -0.0675. The van der Waals surface area contributed by atoms with Crippen LogP contribution in [0, 0.1) is 12.3 Å². The summed E-state index contributed by atoms with van der Waals surface area (Å²) in [6.45, 7) is 10.3. The molecule has 20 heavy (non-hydrogen) atoms. The van der Waals surface area contributed by atoms with Crippen molar-refractivity contribution < 1.29 is 4.79 Å². The molecule has 0 spiro atoms. The summed E-state index contributed by atoms with van der Waals surface area (Å²) in [5, 5.41) is 0. The number of benzene rings is 1. The summed E-state index contributed by atoms with van der Waals surface area (Å²) in [4.78, 5) is 14.6. The lowest BCUT2D eigenvalue weighted by molar-refractivity contribution is 0.0688. The molecule has 0 bridgehead atoms. The Bertz CT molecular complexity index is 472. The fourth-order valence-electron chi connectivity index (χ4n) is 2.07. The van der Waals surface area contributed by atoms with Crippen molar-refractivity contribution >= 4 is 21.8 Å². The van der Waals surface area contributed by atoms with Gasteiger partial charge in [0.2, 0.25) is 0 Å². The molecule has 1 amide bonds. The van der Waals surface area contributed by atoms with E-state index in [0.717, 1.165) is 28.6 Å². The van der Waals surface area contributed by atoms with Gasteiger partial charge in [0.05, 0.1) is 5.56 Å². The summed E-state index contributed by atoms with van der Waals surface area (Å²) >= 11 is 3.49. The molecule has 0 saturated heterocycles. The summed E-state index contributed by atoms with van der Waals surface area (Å²) < 4.78 is 0.856.